The Kier molecular flexibility index (Phi) is 2.46. The van der Waals surface area contributed by atoms with Crippen molar-refractivity contribution in [1.29, 1.82) is 0 Å². The van der Waals surface area contributed by atoms with Crippen molar-refractivity contribution in [2.24, 2.45) is 0 Å². The summed E-state index contributed by atoms with van der Waals surface area (Å²) in [5, 5.41) is 7.42. The third kappa shape index (κ3) is 2.06. The van der Waals surface area contributed by atoms with E-state index in [9.17, 15) is 0 Å². The van der Waals surface area contributed by atoms with Gasteiger partial charge in [-0.05, 0) is 19.3 Å². The second kappa shape index (κ2) is 3.94. The zero-order valence-electron chi connectivity index (χ0n) is 8.85. The number of fused-ring (bicyclic) bond motifs is 2. The summed E-state index contributed by atoms with van der Waals surface area (Å²) in [5.41, 5.74) is 0. The average molecular weight is 207 g/mol. The fraction of sp³-hybridized carbons (Fsp3) is 0.727. The van der Waals surface area contributed by atoms with E-state index < -0.39 is 0 Å². The van der Waals surface area contributed by atoms with E-state index in [2.05, 4.69) is 15.4 Å². The van der Waals surface area contributed by atoms with Crippen molar-refractivity contribution in [2.45, 2.75) is 37.9 Å². The minimum absolute atomic E-state index is 0.695. The van der Waals surface area contributed by atoms with Crippen LogP contribution in [0.15, 0.2) is 16.8 Å². The summed E-state index contributed by atoms with van der Waals surface area (Å²) in [6, 6.07) is 3.41. The molecule has 0 amide bonds. The molecule has 2 bridgehead atoms. The number of rotatable bonds is 2. The third-order valence-corrected chi connectivity index (χ3v) is 3.48. The van der Waals surface area contributed by atoms with Crippen molar-refractivity contribution in [3.63, 3.8) is 0 Å². The molecule has 2 saturated heterocycles. The van der Waals surface area contributed by atoms with Gasteiger partial charge in [-0.25, -0.2) is 0 Å². The molecule has 15 heavy (non-hydrogen) atoms. The van der Waals surface area contributed by atoms with Gasteiger partial charge in [-0.2, -0.15) is 0 Å². The lowest BCUT2D eigenvalue weighted by molar-refractivity contribution is 0.221. The number of nitrogens with zero attached hydrogens (tertiary/aromatic N) is 2. The van der Waals surface area contributed by atoms with Gasteiger partial charge in [0, 0.05) is 31.2 Å². The van der Waals surface area contributed by atoms with E-state index in [-0.39, 0.29) is 0 Å². The molecule has 4 nitrogen and oxygen atoms in total. The van der Waals surface area contributed by atoms with Crippen LogP contribution in [0.25, 0.3) is 0 Å². The Morgan fingerprint density at radius 1 is 1.40 bits per heavy atom. The minimum atomic E-state index is 0.695. The molecular weight excluding hydrogens is 190 g/mol. The quantitative estimate of drug-likeness (QED) is 0.785. The summed E-state index contributed by atoms with van der Waals surface area (Å²) >= 11 is 0. The monoisotopic (exact) mass is 207 g/mol. The molecular formula is C11H17N3O. The van der Waals surface area contributed by atoms with E-state index >= 15 is 0 Å². The van der Waals surface area contributed by atoms with Crippen LogP contribution in [0.5, 0.6) is 0 Å². The third-order valence-electron chi connectivity index (χ3n) is 3.48. The highest BCUT2D eigenvalue weighted by atomic mass is 16.5. The summed E-state index contributed by atoms with van der Waals surface area (Å²) < 4.78 is 5.15. The summed E-state index contributed by atoms with van der Waals surface area (Å²) in [4.78, 5) is 2.47. The van der Waals surface area contributed by atoms with Gasteiger partial charge in [0.05, 0.1) is 12.7 Å². The lowest BCUT2D eigenvalue weighted by Crippen LogP contribution is -2.34. The second-order valence-corrected chi connectivity index (χ2v) is 4.64. The van der Waals surface area contributed by atoms with E-state index in [0.717, 1.165) is 24.9 Å². The Labute approximate surface area is 89.6 Å². The Bertz CT molecular complexity index is 312. The van der Waals surface area contributed by atoms with Crippen molar-refractivity contribution in [2.75, 3.05) is 13.1 Å². The van der Waals surface area contributed by atoms with Crippen molar-refractivity contribution < 1.29 is 4.52 Å². The van der Waals surface area contributed by atoms with E-state index in [0.29, 0.717) is 6.04 Å². The van der Waals surface area contributed by atoms with Crippen LogP contribution >= 0.6 is 0 Å². The van der Waals surface area contributed by atoms with E-state index in [4.69, 9.17) is 4.52 Å². The van der Waals surface area contributed by atoms with Gasteiger partial charge in [0.15, 0.2) is 5.76 Å². The SMILES string of the molecule is c1cc(CN2CCC3CCC(C2)N3)on1. The zero-order valence-corrected chi connectivity index (χ0v) is 8.85. The molecule has 82 valence electrons. The number of nitrogens with one attached hydrogen (secondary N) is 1. The standard InChI is InChI=1S/C11H17N3O/c1-2-10-7-14(6-4-9(1)13-10)8-11-3-5-12-15-11/h3,5,9-10,13H,1-2,4,6-8H2. The van der Waals surface area contributed by atoms with Crippen molar-refractivity contribution in [1.82, 2.24) is 15.4 Å². The maximum Gasteiger partial charge on any atom is 0.150 e. The van der Waals surface area contributed by atoms with Gasteiger partial charge in [-0.1, -0.05) is 5.16 Å². The van der Waals surface area contributed by atoms with Crippen LogP contribution in [0, 0.1) is 0 Å². The highest BCUT2D eigenvalue weighted by Gasteiger charge is 2.29. The number of hydrogen-bond acceptors (Lipinski definition) is 4. The Balaban J connectivity index is 1.62. The highest BCUT2D eigenvalue weighted by Crippen LogP contribution is 2.21. The molecule has 2 fully saturated rings. The first kappa shape index (κ1) is 9.36. The van der Waals surface area contributed by atoms with Crippen molar-refractivity contribution >= 4 is 0 Å². The molecule has 1 N–H and O–H groups in total. The fourth-order valence-electron chi connectivity index (χ4n) is 2.70. The lowest BCUT2D eigenvalue weighted by atomic mass is 10.1. The number of likely N-dealkylation sites (tertiary alicyclic amines) is 1. The van der Waals surface area contributed by atoms with Gasteiger partial charge in [0.1, 0.15) is 0 Å². The molecule has 0 aromatic carbocycles. The first-order valence-corrected chi connectivity index (χ1v) is 5.78. The smallest absolute Gasteiger partial charge is 0.150 e. The molecule has 2 atom stereocenters. The van der Waals surface area contributed by atoms with Crippen molar-refractivity contribution in [3.8, 4) is 0 Å². The van der Waals surface area contributed by atoms with Crippen molar-refractivity contribution in [3.05, 3.63) is 18.0 Å². The van der Waals surface area contributed by atoms with Crippen LogP contribution in [-0.4, -0.2) is 35.2 Å². The first-order valence-electron chi connectivity index (χ1n) is 5.78. The molecule has 0 saturated carbocycles. The van der Waals surface area contributed by atoms with Gasteiger partial charge >= 0.3 is 0 Å². The summed E-state index contributed by atoms with van der Waals surface area (Å²) in [7, 11) is 0. The van der Waals surface area contributed by atoms with E-state index in [1.807, 2.05) is 6.07 Å². The molecule has 4 heteroatoms. The van der Waals surface area contributed by atoms with Gasteiger partial charge in [-0.3, -0.25) is 4.90 Å². The van der Waals surface area contributed by atoms with Gasteiger partial charge in [0.2, 0.25) is 0 Å². The highest BCUT2D eigenvalue weighted by molar-refractivity contribution is 4.95. The van der Waals surface area contributed by atoms with Crippen LogP contribution in [0.3, 0.4) is 0 Å². The fourth-order valence-corrected chi connectivity index (χ4v) is 2.70. The second-order valence-electron chi connectivity index (χ2n) is 4.64. The first-order chi connectivity index (χ1) is 7.40. The predicted octanol–water partition coefficient (Wildman–Crippen LogP) is 1.00. The predicted molar refractivity (Wildman–Crippen MR) is 56.3 cm³/mol. The molecule has 1 aromatic heterocycles. The average Bonchev–Trinajstić information content (AvgIpc) is 2.80. The molecule has 3 heterocycles. The van der Waals surface area contributed by atoms with Crippen LogP contribution in [0.2, 0.25) is 0 Å². The number of hydrogen-bond donors (Lipinski definition) is 1. The summed E-state index contributed by atoms with van der Waals surface area (Å²) in [6.07, 6.45) is 5.68. The maximum absolute atomic E-state index is 5.15. The molecule has 3 rings (SSSR count). The largest absolute Gasteiger partial charge is 0.360 e. The maximum atomic E-state index is 5.15. The Hall–Kier alpha value is -0.870. The summed E-state index contributed by atoms with van der Waals surface area (Å²) in [6.45, 7) is 3.23. The van der Waals surface area contributed by atoms with Gasteiger partial charge in [-0.15, -0.1) is 0 Å². The molecule has 0 aliphatic carbocycles. The van der Waals surface area contributed by atoms with Gasteiger partial charge < -0.3 is 9.84 Å². The minimum Gasteiger partial charge on any atom is -0.360 e. The summed E-state index contributed by atoms with van der Waals surface area (Å²) in [5.74, 6) is 0.979. The molecule has 2 unspecified atom stereocenters. The normalized spacial score (nSPS) is 31.7. The van der Waals surface area contributed by atoms with Gasteiger partial charge in [0.25, 0.3) is 0 Å². The number of aromatic nitrogens is 1. The molecule has 1 aromatic rings. The molecule has 2 aliphatic heterocycles. The Morgan fingerprint density at radius 3 is 3.20 bits per heavy atom. The van der Waals surface area contributed by atoms with Crippen LogP contribution in [-0.2, 0) is 6.54 Å². The van der Waals surface area contributed by atoms with E-state index in [1.165, 1.54) is 25.8 Å². The van der Waals surface area contributed by atoms with Crippen LogP contribution < -0.4 is 5.32 Å². The lowest BCUT2D eigenvalue weighted by Gasteiger charge is -2.22. The molecule has 0 radical (unpaired) electrons. The van der Waals surface area contributed by atoms with Crippen LogP contribution in [0.4, 0.5) is 0 Å². The topological polar surface area (TPSA) is 41.3 Å². The molecule has 0 spiro atoms. The zero-order chi connectivity index (χ0) is 10.1. The van der Waals surface area contributed by atoms with E-state index in [1.54, 1.807) is 6.20 Å². The molecule has 2 aliphatic rings. The van der Waals surface area contributed by atoms with Crippen LogP contribution in [0.1, 0.15) is 25.0 Å². The Morgan fingerprint density at radius 2 is 2.33 bits per heavy atom.